The Morgan fingerprint density at radius 2 is 1.62 bits per heavy atom. The number of nitrogens with zero attached hydrogens (tertiary/aromatic N) is 1. The Kier molecular flexibility index (Phi) is 8.02. The summed E-state index contributed by atoms with van der Waals surface area (Å²) in [6.45, 7) is 1.24. The van der Waals surface area contributed by atoms with Gasteiger partial charge < -0.3 is 15.5 Å². The lowest BCUT2D eigenvalue weighted by atomic mass is 9.78. The summed E-state index contributed by atoms with van der Waals surface area (Å²) in [5.74, 6) is -5.33. The van der Waals surface area contributed by atoms with Gasteiger partial charge >= 0.3 is 24.3 Å². The lowest BCUT2D eigenvalue weighted by Crippen LogP contribution is -2.34. The first-order valence-electron chi connectivity index (χ1n) is 8.14. The molecule has 1 heterocycles. The molecule has 6 nitrogen and oxygen atoms in total. The van der Waals surface area contributed by atoms with E-state index in [1.54, 1.807) is 6.07 Å². The van der Waals surface area contributed by atoms with E-state index in [2.05, 4.69) is 5.32 Å². The van der Waals surface area contributed by atoms with Crippen molar-refractivity contribution in [2.24, 2.45) is 5.92 Å². The molecule has 3 N–H and O–H groups in total. The summed E-state index contributed by atoms with van der Waals surface area (Å²) < 4.78 is 70.3. The van der Waals surface area contributed by atoms with Crippen molar-refractivity contribution < 1.29 is 46.1 Å². The monoisotopic (exact) mass is 426 g/mol. The van der Waals surface area contributed by atoms with Gasteiger partial charge in [0.05, 0.1) is 23.1 Å². The number of halogens is 6. The maximum Gasteiger partial charge on any atom is 0.490 e. The normalized spacial score (nSPS) is 16.2. The Balaban J connectivity index is 0.000000516. The van der Waals surface area contributed by atoms with E-state index in [4.69, 9.17) is 15.2 Å². The van der Waals surface area contributed by atoms with E-state index in [9.17, 15) is 36.2 Å². The third kappa shape index (κ3) is 6.94. The Bertz CT molecular complexity index is 780. The van der Waals surface area contributed by atoms with Gasteiger partial charge in [-0.1, -0.05) is 0 Å². The number of alkyl halides is 6. The van der Waals surface area contributed by atoms with Crippen LogP contribution in [0.5, 0.6) is 0 Å². The van der Waals surface area contributed by atoms with Crippen LogP contribution in [0.25, 0.3) is 0 Å². The summed E-state index contributed by atoms with van der Waals surface area (Å²) in [5.41, 5.74) is -0.989. The number of nitriles is 1. The molecule has 160 valence electrons. The second-order valence-electron chi connectivity index (χ2n) is 6.12. The summed E-state index contributed by atoms with van der Waals surface area (Å²) in [7, 11) is 0. The maximum atomic E-state index is 12.9. The topological polar surface area (TPSA) is 110 Å². The third-order valence-electron chi connectivity index (χ3n) is 4.20. The molecule has 1 fully saturated rings. The van der Waals surface area contributed by atoms with Gasteiger partial charge in [0, 0.05) is 0 Å². The van der Waals surface area contributed by atoms with Gasteiger partial charge in [-0.3, -0.25) is 4.79 Å². The minimum Gasteiger partial charge on any atom is -0.481 e. The van der Waals surface area contributed by atoms with Crippen molar-refractivity contribution in [2.75, 3.05) is 13.1 Å². The quantitative estimate of drug-likeness (QED) is 0.640. The largest absolute Gasteiger partial charge is 0.490 e. The molecule has 2 rings (SSSR count). The molecule has 0 spiro atoms. The van der Waals surface area contributed by atoms with Gasteiger partial charge in [-0.15, -0.1) is 0 Å². The second-order valence-corrected chi connectivity index (χ2v) is 6.12. The summed E-state index contributed by atoms with van der Waals surface area (Å²) in [6, 6.07) is 4.47. The van der Waals surface area contributed by atoms with Crippen LogP contribution in [0.4, 0.5) is 26.3 Å². The van der Waals surface area contributed by atoms with Gasteiger partial charge in [0.2, 0.25) is 0 Å². The van der Waals surface area contributed by atoms with Gasteiger partial charge in [-0.05, 0) is 55.6 Å². The van der Waals surface area contributed by atoms with Crippen LogP contribution in [-0.2, 0) is 15.8 Å². The molecule has 1 aromatic carbocycles. The van der Waals surface area contributed by atoms with Gasteiger partial charge in [0.1, 0.15) is 0 Å². The van der Waals surface area contributed by atoms with Crippen molar-refractivity contribution in [2.45, 2.75) is 31.1 Å². The van der Waals surface area contributed by atoms with Crippen molar-refractivity contribution in [3.63, 3.8) is 0 Å². The van der Waals surface area contributed by atoms with Gasteiger partial charge in [-0.25, -0.2) is 4.79 Å². The number of carbonyl (C=O) groups is 2. The number of carboxylic acids is 2. The van der Waals surface area contributed by atoms with Crippen molar-refractivity contribution in [1.82, 2.24) is 5.32 Å². The van der Waals surface area contributed by atoms with Crippen molar-refractivity contribution in [1.29, 1.82) is 5.26 Å². The average Bonchev–Trinajstić information content (AvgIpc) is 2.61. The number of benzene rings is 1. The number of piperidine rings is 1. The van der Waals surface area contributed by atoms with E-state index in [1.165, 1.54) is 0 Å². The number of hydrogen-bond donors (Lipinski definition) is 3. The molecule has 1 aromatic rings. The Morgan fingerprint density at radius 3 is 2.00 bits per heavy atom. The number of aliphatic carboxylic acids is 2. The first-order chi connectivity index (χ1) is 13.3. The number of rotatable bonds is 3. The summed E-state index contributed by atoms with van der Waals surface area (Å²) in [6.07, 6.45) is -8.55. The van der Waals surface area contributed by atoms with Crippen molar-refractivity contribution >= 4 is 11.9 Å². The van der Waals surface area contributed by atoms with Gasteiger partial charge in [0.15, 0.2) is 0 Å². The molecule has 1 unspecified atom stereocenters. The molecule has 12 heteroatoms. The average molecular weight is 426 g/mol. The zero-order chi connectivity index (χ0) is 22.4. The highest BCUT2D eigenvalue weighted by Crippen LogP contribution is 2.37. The van der Waals surface area contributed by atoms with Crippen LogP contribution in [0.15, 0.2) is 18.2 Å². The molecule has 0 saturated carbocycles. The van der Waals surface area contributed by atoms with Crippen LogP contribution in [0.1, 0.15) is 35.4 Å². The number of nitrogens with one attached hydrogen (secondary N) is 1. The minimum atomic E-state index is -5.08. The first-order valence-corrected chi connectivity index (χ1v) is 8.14. The lowest BCUT2D eigenvalue weighted by Gasteiger charge is -2.29. The van der Waals surface area contributed by atoms with Crippen LogP contribution >= 0.6 is 0 Å². The summed E-state index contributed by atoms with van der Waals surface area (Å²) >= 11 is 0. The molecule has 0 bridgehead atoms. The van der Waals surface area contributed by atoms with Crippen LogP contribution < -0.4 is 5.32 Å². The molecule has 1 saturated heterocycles. The molecule has 0 amide bonds. The third-order valence-corrected chi connectivity index (χ3v) is 4.20. The maximum absolute atomic E-state index is 12.9. The van der Waals surface area contributed by atoms with E-state index in [-0.39, 0.29) is 17.0 Å². The summed E-state index contributed by atoms with van der Waals surface area (Å²) in [5, 5.41) is 28.8. The van der Waals surface area contributed by atoms with E-state index < -0.39 is 35.8 Å². The molecular formula is C17H16F6N2O4. The van der Waals surface area contributed by atoms with Crippen molar-refractivity contribution in [3.05, 3.63) is 34.9 Å². The molecule has 29 heavy (non-hydrogen) atoms. The standard InChI is InChI=1S/C15H15F3N2O2.C2HF3O2/c16-15(17,18)11-2-1-10(8-19)12(7-11)13(14(21)22)9-3-5-20-6-4-9;3-2(4,5)1(6)7/h1-2,7,9,13,20H,3-6H2,(H,21,22);(H,6,7). The number of carboxylic acid groups (broad SMARTS) is 2. The molecule has 0 radical (unpaired) electrons. The highest BCUT2D eigenvalue weighted by molar-refractivity contribution is 5.78. The predicted molar refractivity (Wildman–Crippen MR) is 85.8 cm³/mol. The Labute approximate surface area is 160 Å². The SMILES string of the molecule is N#Cc1ccc(C(F)(F)F)cc1C(C(=O)O)C1CCNCC1.O=C(O)C(F)(F)F. The zero-order valence-corrected chi connectivity index (χ0v) is 14.6. The minimum absolute atomic E-state index is 0.0149. The fourth-order valence-electron chi connectivity index (χ4n) is 2.86. The molecule has 1 aliphatic rings. The highest BCUT2D eigenvalue weighted by Gasteiger charge is 2.38. The van der Waals surface area contributed by atoms with Crippen LogP contribution in [-0.4, -0.2) is 41.4 Å². The Morgan fingerprint density at radius 1 is 1.10 bits per heavy atom. The van der Waals surface area contributed by atoms with Crippen LogP contribution in [0, 0.1) is 17.2 Å². The van der Waals surface area contributed by atoms with E-state index in [0.29, 0.717) is 25.9 Å². The molecule has 1 atom stereocenters. The number of hydrogen-bond acceptors (Lipinski definition) is 4. The summed E-state index contributed by atoms with van der Waals surface area (Å²) in [4.78, 5) is 20.5. The molecule has 0 aromatic heterocycles. The zero-order valence-electron chi connectivity index (χ0n) is 14.6. The molecular weight excluding hydrogens is 410 g/mol. The van der Waals surface area contributed by atoms with Gasteiger partial charge in [-0.2, -0.15) is 31.6 Å². The van der Waals surface area contributed by atoms with Crippen LogP contribution in [0.3, 0.4) is 0 Å². The predicted octanol–water partition coefficient (Wildman–Crippen LogP) is 3.38. The Hall–Kier alpha value is -2.81. The fraction of sp³-hybridized carbons (Fsp3) is 0.471. The second kappa shape index (κ2) is 9.60. The van der Waals surface area contributed by atoms with E-state index in [1.807, 2.05) is 0 Å². The van der Waals surface area contributed by atoms with Crippen molar-refractivity contribution in [3.8, 4) is 6.07 Å². The van der Waals surface area contributed by atoms with Crippen LogP contribution in [0.2, 0.25) is 0 Å². The molecule has 1 aliphatic heterocycles. The smallest absolute Gasteiger partial charge is 0.481 e. The van der Waals surface area contributed by atoms with E-state index in [0.717, 1.165) is 18.2 Å². The van der Waals surface area contributed by atoms with E-state index >= 15 is 0 Å². The lowest BCUT2D eigenvalue weighted by molar-refractivity contribution is -0.192. The highest BCUT2D eigenvalue weighted by atomic mass is 19.4. The van der Waals surface area contributed by atoms with Gasteiger partial charge in [0.25, 0.3) is 0 Å². The molecule has 0 aliphatic carbocycles. The fourth-order valence-corrected chi connectivity index (χ4v) is 2.86. The first kappa shape index (κ1) is 24.2.